The van der Waals surface area contributed by atoms with Gasteiger partial charge in [0.1, 0.15) is 6.61 Å². The van der Waals surface area contributed by atoms with Gasteiger partial charge < -0.3 is 14.7 Å². The average Bonchev–Trinajstić information content (AvgIpc) is 2.55. The van der Waals surface area contributed by atoms with Crippen LogP contribution in [0.15, 0.2) is 24.3 Å². The van der Waals surface area contributed by atoms with E-state index in [1.54, 1.807) is 12.1 Å². The molecule has 0 saturated carbocycles. The molecule has 1 aromatic rings. The number of likely N-dealkylation sites (tertiary alicyclic amines) is 1. The number of aromatic carboxylic acids is 1. The number of carboxylic acids is 1. The number of carboxylic acid groups (broad SMARTS) is 1. The van der Waals surface area contributed by atoms with Gasteiger partial charge >= 0.3 is 5.97 Å². The predicted octanol–water partition coefficient (Wildman–Crippen LogP) is 2.52. The van der Waals surface area contributed by atoms with Gasteiger partial charge in [0.05, 0.1) is 5.56 Å². The average molecular weight is 305 g/mol. The molecule has 0 spiro atoms. The Morgan fingerprint density at radius 1 is 1.32 bits per heavy atom. The van der Waals surface area contributed by atoms with E-state index in [4.69, 9.17) is 9.84 Å². The van der Waals surface area contributed by atoms with E-state index in [-0.39, 0.29) is 18.4 Å². The summed E-state index contributed by atoms with van der Waals surface area (Å²) in [6, 6.07) is 6.97. The fourth-order valence-electron chi connectivity index (χ4n) is 2.77. The highest BCUT2D eigenvalue weighted by Crippen LogP contribution is 2.27. The minimum atomic E-state index is -0.917. The van der Waals surface area contributed by atoms with E-state index in [1.165, 1.54) is 0 Å². The van der Waals surface area contributed by atoms with E-state index in [9.17, 15) is 9.59 Å². The Morgan fingerprint density at radius 2 is 2.05 bits per heavy atom. The molecule has 0 bridgehead atoms. The lowest BCUT2D eigenvalue weighted by Crippen LogP contribution is -2.41. The number of ether oxygens (including phenoxy) is 1. The third kappa shape index (κ3) is 4.31. The summed E-state index contributed by atoms with van der Waals surface area (Å²) in [6.45, 7) is 4.24. The molecule has 1 aliphatic heterocycles. The van der Waals surface area contributed by atoms with Gasteiger partial charge in [-0.3, -0.25) is 4.79 Å². The normalized spacial score (nSPS) is 18.2. The van der Waals surface area contributed by atoms with Gasteiger partial charge in [0.15, 0.2) is 0 Å². The summed E-state index contributed by atoms with van der Waals surface area (Å²) in [6.07, 6.45) is 2.89. The number of carbonyl (C=O) groups excluding carboxylic acids is 1. The van der Waals surface area contributed by atoms with Crippen molar-refractivity contribution in [1.82, 2.24) is 4.90 Å². The first-order valence-corrected chi connectivity index (χ1v) is 7.80. The molecule has 0 aromatic heterocycles. The first-order valence-electron chi connectivity index (χ1n) is 7.80. The first kappa shape index (κ1) is 16.5. The summed E-state index contributed by atoms with van der Waals surface area (Å²) in [4.78, 5) is 24.9. The van der Waals surface area contributed by atoms with Crippen LogP contribution in [-0.4, -0.2) is 48.2 Å². The molecule has 2 rings (SSSR count). The molecule has 120 valence electrons. The van der Waals surface area contributed by atoms with Crippen molar-refractivity contribution in [2.24, 2.45) is 0 Å². The second kappa shape index (κ2) is 7.94. The molecule has 0 unspecified atom stereocenters. The molecule has 1 N–H and O–H groups in total. The van der Waals surface area contributed by atoms with Crippen molar-refractivity contribution >= 4 is 11.9 Å². The van der Waals surface area contributed by atoms with Gasteiger partial charge in [-0.25, -0.2) is 4.79 Å². The molecule has 0 radical (unpaired) electrons. The van der Waals surface area contributed by atoms with E-state index in [0.29, 0.717) is 18.7 Å². The lowest BCUT2D eigenvalue weighted by Gasteiger charge is -2.33. The molecule has 1 fully saturated rings. The van der Waals surface area contributed by atoms with Crippen LogP contribution in [0.4, 0.5) is 0 Å². The van der Waals surface area contributed by atoms with Crippen LogP contribution in [0.2, 0.25) is 0 Å². The maximum atomic E-state index is 12.1. The number of hydrogen-bond acceptors (Lipinski definition) is 3. The summed E-state index contributed by atoms with van der Waals surface area (Å²) in [5.74, 6) is -0.605. The highest BCUT2D eigenvalue weighted by molar-refractivity contribution is 5.87. The molecule has 1 saturated heterocycles. The quantitative estimate of drug-likeness (QED) is 0.820. The summed E-state index contributed by atoms with van der Waals surface area (Å²) in [7, 11) is 0. The Balaban J connectivity index is 1.95. The fraction of sp³-hybridized carbons (Fsp3) is 0.529. The number of piperidine rings is 1. The topological polar surface area (TPSA) is 66.8 Å². The Bertz CT molecular complexity index is 512. The minimum Gasteiger partial charge on any atom is -0.478 e. The third-order valence-corrected chi connectivity index (χ3v) is 3.98. The maximum absolute atomic E-state index is 12.1. The van der Waals surface area contributed by atoms with Crippen LogP contribution in [0, 0.1) is 0 Å². The number of carbonyl (C=O) groups is 2. The van der Waals surface area contributed by atoms with Crippen molar-refractivity contribution in [1.29, 1.82) is 0 Å². The predicted molar refractivity (Wildman–Crippen MR) is 83.1 cm³/mol. The van der Waals surface area contributed by atoms with Gasteiger partial charge in [-0.1, -0.05) is 19.1 Å². The highest BCUT2D eigenvalue weighted by atomic mass is 16.5. The molecule has 1 heterocycles. The van der Waals surface area contributed by atoms with Crippen molar-refractivity contribution < 1.29 is 19.4 Å². The number of nitrogens with zero attached hydrogens (tertiary/aromatic N) is 1. The van der Waals surface area contributed by atoms with Gasteiger partial charge in [-0.05, 0) is 37.0 Å². The zero-order valence-corrected chi connectivity index (χ0v) is 13.0. The van der Waals surface area contributed by atoms with E-state index < -0.39 is 5.97 Å². The summed E-state index contributed by atoms with van der Waals surface area (Å²) in [5, 5.41) is 8.94. The van der Waals surface area contributed by atoms with Crippen molar-refractivity contribution in [3.05, 3.63) is 35.4 Å². The van der Waals surface area contributed by atoms with Crippen LogP contribution in [0.25, 0.3) is 0 Å². The molecular formula is C17H23NO4. The van der Waals surface area contributed by atoms with Crippen molar-refractivity contribution in [2.75, 3.05) is 26.3 Å². The van der Waals surface area contributed by atoms with E-state index in [1.807, 2.05) is 24.0 Å². The lowest BCUT2D eigenvalue weighted by atomic mass is 9.90. The molecule has 22 heavy (non-hydrogen) atoms. The molecule has 1 amide bonds. The molecule has 5 heteroatoms. The maximum Gasteiger partial charge on any atom is 0.335 e. The van der Waals surface area contributed by atoms with Crippen molar-refractivity contribution in [2.45, 2.75) is 32.1 Å². The number of rotatable bonds is 6. The first-order chi connectivity index (χ1) is 10.6. The zero-order valence-electron chi connectivity index (χ0n) is 13.0. The third-order valence-electron chi connectivity index (χ3n) is 3.98. The van der Waals surface area contributed by atoms with Crippen LogP contribution < -0.4 is 0 Å². The summed E-state index contributed by atoms with van der Waals surface area (Å²) in [5.41, 5.74) is 1.39. The number of hydrogen-bond donors (Lipinski definition) is 1. The van der Waals surface area contributed by atoms with Crippen LogP contribution in [0.5, 0.6) is 0 Å². The number of benzene rings is 1. The van der Waals surface area contributed by atoms with Gasteiger partial charge in [-0.2, -0.15) is 0 Å². The Labute approximate surface area is 130 Å². The van der Waals surface area contributed by atoms with Gasteiger partial charge in [0.2, 0.25) is 5.91 Å². The molecular weight excluding hydrogens is 282 g/mol. The summed E-state index contributed by atoms with van der Waals surface area (Å²) < 4.78 is 5.32. The van der Waals surface area contributed by atoms with Gasteiger partial charge in [-0.15, -0.1) is 0 Å². The largest absolute Gasteiger partial charge is 0.478 e. The zero-order chi connectivity index (χ0) is 15.9. The molecule has 1 aliphatic rings. The summed E-state index contributed by atoms with van der Waals surface area (Å²) >= 11 is 0. The minimum absolute atomic E-state index is 0.0420. The van der Waals surface area contributed by atoms with Crippen molar-refractivity contribution in [3.8, 4) is 0 Å². The second-order valence-corrected chi connectivity index (χ2v) is 5.66. The Morgan fingerprint density at radius 3 is 2.68 bits per heavy atom. The fourth-order valence-corrected chi connectivity index (χ4v) is 2.77. The van der Waals surface area contributed by atoms with E-state index in [0.717, 1.165) is 31.4 Å². The Hall–Kier alpha value is -1.88. The monoisotopic (exact) mass is 305 g/mol. The molecule has 0 aliphatic carbocycles. The van der Waals surface area contributed by atoms with Gasteiger partial charge in [0.25, 0.3) is 0 Å². The van der Waals surface area contributed by atoms with Crippen LogP contribution >= 0.6 is 0 Å². The SMILES string of the molecule is CCCOCC(=O)N1CCC[C@H](c2ccc(C(=O)O)cc2)C1. The van der Waals surface area contributed by atoms with Gasteiger partial charge in [0, 0.05) is 25.6 Å². The molecule has 5 nitrogen and oxygen atoms in total. The van der Waals surface area contributed by atoms with Crippen LogP contribution in [-0.2, 0) is 9.53 Å². The lowest BCUT2D eigenvalue weighted by molar-refractivity contribution is -0.137. The smallest absolute Gasteiger partial charge is 0.335 e. The van der Waals surface area contributed by atoms with Crippen LogP contribution in [0.3, 0.4) is 0 Å². The second-order valence-electron chi connectivity index (χ2n) is 5.66. The number of amides is 1. The molecule has 1 atom stereocenters. The highest BCUT2D eigenvalue weighted by Gasteiger charge is 2.24. The van der Waals surface area contributed by atoms with E-state index >= 15 is 0 Å². The van der Waals surface area contributed by atoms with Crippen molar-refractivity contribution in [3.63, 3.8) is 0 Å². The Kier molecular flexibility index (Phi) is 5.95. The standard InChI is InChI=1S/C17H23NO4/c1-2-10-22-12-16(19)18-9-3-4-15(11-18)13-5-7-14(8-6-13)17(20)21/h5-8,15H,2-4,9-12H2,1H3,(H,20,21)/t15-/m0/s1. The van der Waals surface area contributed by atoms with E-state index in [2.05, 4.69) is 0 Å². The van der Waals surface area contributed by atoms with Crippen LogP contribution in [0.1, 0.15) is 48.0 Å². The molecule has 1 aromatic carbocycles.